The minimum Gasteiger partial charge on any atom is -0.508 e. The summed E-state index contributed by atoms with van der Waals surface area (Å²) in [5, 5.41) is 14.9. The molecule has 23 heavy (non-hydrogen) atoms. The van der Waals surface area contributed by atoms with Crippen molar-refractivity contribution in [3.8, 4) is 5.75 Å². The summed E-state index contributed by atoms with van der Waals surface area (Å²) in [6.07, 6.45) is 0.875. The maximum atomic E-state index is 12.2. The summed E-state index contributed by atoms with van der Waals surface area (Å²) in [5.41, 5.74) is 1.88. The van der Waals surface area contributed by atoms with Crippen LogP contribution >= 0.6 is 0 Å². The summed E-state index contributed by atoms with van der Waals surface area (Å²) in [5.74, 6) is -0.176. The van der Waals surface area contributed by atoms with E-state index in [0.717, 1.165) is 11.1 Å². The van der Waals surface area contributed by atoms with Crippen LogP contribution in [0.4, 0.5) is 0 Å². The van der Waals surface area contributed by atoms with Crippen molar-refractivity contribution in [1.82, 2.24) is 10.6 Å². The molecule has 5 nitrogen and oxygen atoms in total. The van der Waals surface area contributed by atoms with Gasteiger partial charge >= 0.3 is 0 Å². The molecule has 1 fully saturated rings. The highest BCUT2D eigenvalue weighted by Gasteiger charge is 2.33. The number of carbonyl (C=O) groups is 2. The van der Waals surface area contributed by atoms with Crippen LogP contribution in [-0.2, 0) is 22.4 Å². The van der Waals surface area contributed by atoms with Crippen LogP contribution in [-0.4, -0.2) is 29.0 Å². The Morgan fingerprint density at radius 3 is 1.74 bits per heavy atom. The van der Waals surface area contributed by atoms with Gasteiger partial charge in [-0.05, 0) is 23.3 Å². The SMILES string of the molecule is O=C1N[C@@H](Cc2ccc(O)cc2)C(=O)N[C@H]1Cc1ccccc1. The Kier molecular flexibility index (Phi) is 4.28. The quantitative estimate of drug-likeness (QED) is 0.793. The first-order valence-electron chi connectivity index (χ1n) is 7.54. The fraction of sp³-hybridized carbons (Fsp3) is 0.222. The van der Waals surface area contributed by atoms with Gasteiger partial charge in [0.1, 0.15) is 17.8 Å². The zero-order valence-electron chi connectivity index (χ0n) is 12.5. The van der Waals surface area contributed by atoms with Crippen molar-refractivity contribution in [2.24, 2.45) is 0 Å². The van der Waals surface area contributed by atoms with Gasteiger partial charge < -0.3 is 15.7 Å². The Morgan fingerprint density at radius 1 is 0.739 bits per heavy atom. The molecule has 1 heterocycles. The minimum atomic E-state index is -0.584. The maximum Gasteiger partial charge on any atom is 0.243 e. The van der Waals surface area contributed by atoms with Gasteiger partial charge in [-0.15, -0.1) is 0 Å². The van der Waals surface area contributed by atoms with Crippen LogP contribution in [0.1, 0.15) is 11.1 Å². The Bertz CT molecular complexity index is 698. The molecule has 0 spiro atoms. The van der Waals surface area contributed by atoms with Crippen LogP contribution in [0.3, 0.4) is 0 Å². The molecular weight excluding hydrogens is 292 g/mol. The summed E-state index contributed by atoms with van der Waals surface area (Å²) in [7, 11) is 0. The zero-order chi connectivity index (χ0) is 16.2. The first kappa shape index (κ1) is 15.1. The lowest BCUT2D eigenvalue weighted by Crippen LogP contribution is -2.62. The molecule has 1 saturated heterocycles. The normalized spacial score (nSPS) is 20.7. The number of amides is 2. The average molecular weight is 310 g/mol. The van der Waals surface area contributed by atoms with E-state index in [0.29, 0.717) is 12.8 Å². The van der Waals surface area contributed by atoms with Gasteiger partial charge in [-0.1, -0.05) is 42.5 Å². The lowest BCUT2D eigenvalue weighted by Gasteiger charge is -2.29. The number of aromatic hydroxyl groups is 1. The van der Waals surface area contributed by atoms with Gasteiger partial charge in [0.25, 0.3) is 0 Å². The molecule has 3 N–H and O–H groups in total. The predicted octanol–water partition coefficient (Wildman–Crippen LogP) is 1.16. The maximum absolute atomic E-state index is 12.2. The summed E-state index contributed by atoms with van der Waals surface area (Å²) in [4.78, 5) is 24.5. The van der Waals surface area contributed by atoms with Crippen LogP contribution in [0.25, 0.3) is 0 Å². The molecular formula is C18H18N2O3. The Morgan fingerprint density at radius 2 is 1.22 bits per heavy atom. The first-order valence-corrected chi connectivity index (χ1v) is 7.54. The van der Waals surface area contributed by atoms with E-state index < -0.39 is 12.1 Å². The average Bonchev–Trinajstić information content (AvgIpc) is 2.55. The van der Waals surface area contributed by atoms with Crippen molar-refractivity contribution in [1.29, 1.82) is 0 Å². The molecule has 1 aliphatic rings. The summed E-state index contributed by atoms with van der Waals surface area (Å²) in [6, 6.07) is 15.1. The van der Waals surface area contributed by atoms with Crippen molar-refractivity contribution in [3.05, 3.63) is 65.7 Å². The summed E-state index contributed by atoms with van der Waals surface area (Å²) >= 11 is 0. The Balaban J connectivity index is 1.64. The van der Waals surface area contributed by atoms with Gasteiger partial charge in [-0.25, -0.2) is 0 Å². The van der Waals surface area contributed by atoms with Crippen LogP contribution in [0.2, 0.25) is 0 Å². The largest absolute Gasteiger partial charge is 0.508 e. The van der Waals surface area contributed by atoms with Crippen molar-refractivity contribution in [3.63, 3.8) is 0 Å². The molecule has 3 rings (SSSR count). The monoisotopic (exact) mass is 310 g/mol. The number of carbonyl (C=O) groups excluding carboxylic acids is 2. The molecule has 0 aliphatic carbocycles. The van der Waals surface area contributed by atoms with E-state index in [1.54, 1.807) is 24.3 Å². The van der Waals surface area contributed by atoms with Gasteiger partial charge in [-0.3, -0.25) is 9.59 Å². The predicted molar refractivity (Wildman–Crippen MR) is 85.8 cm³/mol. The molecule has 2 aromatic rings. The lowest BCUT2D eigenvalue weighted by molar-refractivity contribution is -0.136. The second-order valence-electron chi connectivity index (χ2n) is 5.68. The molecule has 0 aromatic heterocycles. The molecule has 2 aromatic carbocycles. The number of hydrogen-bond donors (Lipinski definition) is 3. The van der Waals surface area contributed by atoms with Gasteiger partial charge in [0.05, 0.1) is 0 Å². The fourth-order valence-corrected chi connectivity index (χ4v) is 2.68. The second kappa shape index (κ2) is 6.52. The fourth-order valence-electron chi connectivity index (χ4n) is 2.68. The molecule has 0 radical (unpaired) electrons. The zero-order valence-corrected chi connectivity index (χ0v) is 12.5. The van der Waals surface area contributed by atoms with Crippen LogP contribution in [0, 0.1) is 0 Å². The van der Waals surface area contributed by atoms with Gasteiger partial charge in [0, 0.05) is 12.8 Å². The molecule has 118 valence electrons. The number of benzene rings is 2. The van der Waals surface area contributed by atoms with E-state index in [1.165, 1.54) is 0 Å². The molecule has 1 aliphatic heterocycles. The van der Waals surface area contributed by atoms with Crippen LogP contribution in [0.5, 0.6) is 5.75 Å². The molecule has 2 amide bonds. The minimum absolute atomic E-state index is 0.169. The van der Waals surface area contributed by atoms with Gasteiger partial charge in [0.2, 0.25) is 11.8 Å². The van der Waals surface area contributed by atoms with Crippen molar-refractivity contribution < 1.29 is 14.7 Å². The Labute approximate surface area is 134 Å². The summed E-state index contributed by atoms with van der Waals surface area (Å²) in [6.45, 7) is 0. The number of phenols is 1. The highest BCUT2D eigenvalue weighted by molar-refractivity contribution is 5.97. The van der Waals surface area contributed by atoms with Crippen molar-refractivity contribution in [2.45, 2.75) is 24.9 Å². The molecule has 5 heteroatoms. The third-order valence-corrected chi connectivity index (χ3v) is 3.92. The number of hydrogen-bond acceptors (Lipinski definition) is 3. The molecule has 0 unspecified atom stereocenters. The van der Waals surface area contributed by atoms with Gasteiger partial charge in [0.15, 0.2) is 0 Å². The van der Waals surface area contributed by atoms with Crippen LogP contribution < -0.4 is 10.6 Å². The third-order valence-electron chi connectivity index (χ3n) is 3.92. The highest BCUT2D eigenvalue weighted by Crippen LogP contribution is 2.13. The van der Waals surface area contributed by atoms with Crippen molar-refractivity contribution in [2.75, 3.05) is 0 Å². The number of piperazine rings is 1. The standard InChI is InChI=1S/C18H18N2O3/c21-14-8-6-13(7-9-14)11-16-18(23)19-15(17(22)20-16)10-12-4-2-1-3-5-12/h1-9,15-16,21H,10-11H2,(H,19,23)(H,20,22)/t15-,16-/m0/s1. The van der Waals surface area contributed by atoms with E-state index in [2.05, 4.69) is 10.6 Å². The lowest BCUT2D eigenvalue weighted by atomic mass is 9.98. The second-order valence-corrected chi connectivity index (χ2v) is 5.68. The number of nitrogens with one attached hydrogen (secondary N) is 2. The number of phenolic OH excluding ortho intramolecular Hbond substituents is 1. The van der Waals surface area contributed by atoms with E-state index in [-0.39, 0.29) is 17.6 Å². The topological polar surface area (TPSA) is 78.4 Å². The highest BCUT2D eigenvalue weighted by atomic mass is 16.3. The van der Waals surface area contributed by atoms with Crippen LogP contribution in [0.15, 0.2) is 54.6 Å². The van der Waals surface area contributed by atoms with Gasteiger partial charge in [-0.2, -0.15) is 0 Å². The molecule has 0 bridgehead atoms. The molecule has 0 saturated carbocycles. The Hall–Kier alpha value is -2.82. The van der Waals surface area contributed by atoms with E-state index in [4.69, 9.17) is 0 Å². The molecule has 2 atom stereocenters. The van der Waals surface area contributed by atoms with E-state index in [9.17, 15) is 14.7 Å². The summed E-state index contributed by atoms with van der Waals surface area (Å²) < 4.78 is 0. The van der Waals surface area contributed by atoms with E-state index >= 15 is 0 Å². The van der Waals surface area contributed by atoms with E-state index in [1.807, 2.05) is 30.3 Å². The smallest absolute Gasteiger partial charge is 0.243 e. The first-order chi connectivity index (χ1) is 11.1. The van der Waals surface area contributed by atoms with Crippen molar-refractivity contribution >= 4 is 11.8 Å². The number of rotatable bonds is 4. The third kappa shape index (κ3) is 3.69.